The molecule has 0 amide bonds. The monoisotopic (exact) mass is 335 g/mol. The van der Waals surface area contributed by atoms with Gasteiger partial charge in [0.1, 0.15) is 5.75 Å². The maximum absolute atomic E-state index is 5.27. The molecule has 2 aromatic heterocycles. The van der Waals surface area contributed by atoms with Gasteiger partial charge < -0.3 is 14.6 Å². The summed E-state index contributed by atoms with van der Waals surface area (Å²) in [7, 11) is 3.44. The topological polar surface area (TPSA) is 86.0 Å². The van der Waals surface area contributed by atoms with Crippen LogP contribution in [0.1, 0.15) is 5.89 Å². The summed E-state index contributed by atoms with van der Waals surface area (Å²) in [5.41, 5.74) is 0.854. The molecule has 0 fully saturated rings. The third kappa shape index (κ3) is 3.37. The maximum Gasteiger partial charge on any atom is 0.237 e. The number of anilines is 1. The minimum Gasteiger partial charge on any atom is -0.497 e. The van der Waals surface area contributed by atoms with Gasteiger partial charge in [-0.25, -0.2) is 0 Å². The molecule has 2 heterocycles. The van der Waals surface area contributed by atoms with E-state index in [4.69, 9.17) is 9.26 Å². The summed E-state index contributed by atoms with van der Waals surface area (Å²) in [5.74, 6) is 2.40. The van der Waals surface area contributed by atoms with Gasteiger partial charge in [0, 0.05) is 12.6 Å². The van der Waals surface area contributed by atoms with E-state index in [1.54, 1.807) is 7.11 Å². The lowest BCUT2D eigenvalue weighted by molar-refractivity contribution is 0.391. The van der Waals surface area contributed by atoms with Crippen LogP contribution in [0.25, 0.3) is 11.4 Å². The lowest BCUT2D eigenvalue weighted by Gasteiger charge is -1.99. The molecule has 22 heavy (non-hydrogen) atoms. The van der Waals surface area contributed by atoms with Gasteiger partial charge in [-0.1, -0.05) is 40.4 Å². The average molecular weight is 335 g/mol. The third-order valence-electron chi connectivity index (χ3n) is 2.74. The molecule has 0 saturated carbocycles. The largest absolute Gasteiger partial charge is 0.497 e. The van der Waals surface area contributed by atoms with Gasteiger partial charge >= 0.3 is 0 Å². The molecule has 9 heteroatoms. The van der Waals surface area contributed by atoms with E-state index in [1.165, 1.54) is 23.1 Å². The highest BCUT2D eigenvalue weighted by atomic mass is 32.2. The fourth-order valence-electron chi connectivity index (χ4n) is 1.69. The Morgan fingerprint density at radius 2 is 2.27 bits per heavy atom. The molecule has 0 saturated heterocycles. The Morgan fingerprint density at radius 1 is 1.36 bits per heavy atom. The summed E-state index contributed by atoms with van der Waals surface area (Å²) in [6.07, 6.45) is 0. The van der Waals surface area contributed by atoms with E-state index in [2.05, 4.69) is 25.7 Å². The van der Waals surface area contributed by atoms with Crippen molar-refractivity contribution < 1.29 is 9.26 Å². The van der Waals surface area contributed by atoms with E-state index in [0.717, 1.165) is 20.8 Å². The molecule has 0 aliphatic heterocycles. The number of thioether (sulfide) groups is 1. The predicted octanol–water partition coefficient (Wildman–Crippen LogP) is 2.93. The first-order valence-electron chi connectivity index (χ1n) is 6.39. The Bertz CT molecular complexity index is 758. The second-order valence-corrected chi connectivity index (χ2v) is 6.36. The highest BCUT2D eigenvalue weighted by Crippen LogP contribution is 2.28. The Labute approximate surface area is 135 Å². The van der Waals surface area contributed by atoms with Crippen LogP contribution in [0.2, 0.25) is 0 Å². The second kappa shape index (κ2) is 6.75. The fourth-order valence-corrected chi connectivity index (χ4v) is 3.23. The number of methoxy groups -OCH3 is 1. The summed E-state index contributed by atoms with van der Waals surface area (Å²) >= 11 is 2.99. The van der Waals surface area contributed by atoms with Crippen molar-refractivity contribution in [2.75, 3.05) is 19.5 Å². The average Bonchev–Trinajstić information content (AvgIpc) is 3.22. The number of aromatic nitrogens is 4. The van der Waals surface area contributed by atoms with Gasteiger partial charge in [0.25, 0.3) is 0 Å². The zero-order valence-electron chi connectivity index (χ0n) is 11.9. The zero-order chi connectivity index (χ0) is 15.4. The molecule has 114 valence electrons. The van der Waals surface area contributed by atoms with Crippen LogP contribution in [0.3, 0.4) is 0 Å². The van der Waals surface area contributed by atoms with Crippen LogP contribution in [0.15, 0.2) is 33.1 Å². The van der Waals surface area contributed by atoms with E-state index in [0.29, 0.717) is 17.5 Å². The van der Waals surface area contributed by atoms with Crippen LogP contribution in [-0.2, 0) is 5.75 Å². The van der Waals surface area contributed by atoms with Crippen LogP contribution >= 0.6 is 23.1 Å². The first-order valence-corrected chi connectivity index (χ1v) is 8.20. The van der Waals surface area contributed by atoms with Crippen LogP contribution in [0.4, 0.5) is 5.13 Å². The van der Waals surface area contributed by atoms with E-state index < -0.39 is 0 Å². The van der Waals surface area contributed by atoms with Crippen molar-refractivity contribution in [2.45, 2.75) is 10.1 Å². The maximum atomic E-state index is 5.27. The van der Waals surface area contributed by atoms with Crippen LogP contribution in [0, 0.1) is 0 Å². The van der Waals surface area contributed by atoms with Crippen LogP contribution in [-0.4, -0.2) is 34.5 Å². The molecular formula is C13H13N5O2S2. The summed E-state index contributed by atoms with van der Waals surface area (Å²) in [6.45, 7) is 0. The smallest absolute Gasteiger partial charge is 0.237 e. The first-order chi connectivity index (χ1) is 10.8. The van der Waals surface area contributed by atoms with Crippen molar-refractivity contribution in [1.29, 1.82) is 0 Å². The molecule has 3 aromatic rings. The van der Waals surface area contributed by atoms with E-state index in [1.807, 2.05) is 31.3 Å². The molecule has 7 nitrogen and oxygen atoms in total. The third-order valence-corrected chi connectivity index (χ3v) is 4.79. The number of nitrogens with zero attached hydrogens (tertiary/aromatic N) is 4. The number of nitrogens with one attached hydrogen (secondary N) is 1. The molecule has 0 spiro atoms. The Hall–Kier alpha value is -2.13. The summed E-state index contributed by atoms with van der Waals surface area (Å²) in [4.78, 5) is 4.38. The van der Waals surface area contributed by atoms with E-state index in [-0.39, 0.29) is 0 Å². The van der Waals surface area contributed by atoms with Crippen molar-refractivity contribution >= 4 is 28.2 Å². The predicted molar refractivity (Wildman–Crippen MR) is 85.3 cm³/mol. The number of ether oxygens (including phenoxy) is 1. The van der Waals surface area contributed by atoms with Crippen molar-refractivity contribution in [2.24, 2.45) is 0 Å². The van der Waals surface area contributed by atoms with E-state index in [9.17, 15) is 0 Å². The molecule has 1 N–H and O–H groups in total. The van der Waals surface area contributed by atoms with Gasteiger partial charge in [-0.15, -0.1) is 10.2 Å². The molecule has 0 aliphatic rings. The number of hydrogen-bond acceptors (Lipinski definition) is 9. The molecule has 1 aromatic carbocycles. The van der Waals surface area contributed by atoms with Crippen molar-refractivity contribution in [1.82, 2.24) is 20.3 Å². The molecule has 3 rings (SSSR count). The fraction of sp³-hybridized carbons (Fsp3) is 0.231. The minimum atomic E-state index is 0.544. The van der Waals surface area contributed by atoms with Crippen LogP contribution in [0.5, 0.6) is 5.75 Å². The molecule has 0 unspecified atom stereocenters. The highest BCUT2D eigenvalue weighted by molar-refractivity contribution is 8.00. The zero-order valence-corrected chi connectivity index (χ0v) is 13.6. The van der Waals surface area contributed by atoms with Crippen LogP contribution < -0.4 is 10.1 Å². The minimum absolute atomic E-state index is 0.544. The highest BCUT2D eigenvalue weighted by Gasteiger charge is 2.11. The van der Waals surface area contributed by atoms with Gasteiger partial charge in [0.15, 0.2) is 4.34 Å². The Kier molecular flexibility index (Phi) is 4.54. The molecule has 0 aliphatic carbocycles. The number of hydrogen-bond donors (Lipinski definition) is 1. The number of rotatable bonds is 6. The molecule has 0 bridgehead atoms. The van der Waals surface area contributed by atoms with Gasteiger partial charge in [-0.3, -0.25) is 0 Å². The Balaban J connectivity index is 1.68. The first kappa shape index (κ1) is 14.8. The standard InChI is InChI=1S/C13H13N5O2S2/c1-14-12-16-17-13(22-12)21-7-10-15-11(18-20-10)8-4-3-5-9(6-8)19-2/h3-6H,7H2,1-2H3,(H,14,16). The van der Waals surface area contributed by atoms with Crippen molar-refractivity contribution in [3.05, 3.63) is 30.2 Å². The number of benzene rings is 1. The second-order valence-electron chi connectivity index (χ2n) is 4.16. The molecule has 0 atom stereocenters. The lowest BCUT2D eigenvalue weighted by Crippen LogP contribution is -1.86. The summed E-state index contributed by atoms with van der Waals surface area (Å²) in [6, 6.07) is 7.54. The van der Waals surface area contributed by atoms with Crippen molar-refractivity contribution in [3.8, 4) is 17.1 Å². The van der Waals surface area contributed by atoms with Crippen molar-refractivity contribution in [3.63, 3.8) is 0 Å². The van der Waals surface area contributed by atoms with Gasteiger partial charge in [-0.2, -0.15) is 4.98 Å². The van der Waals surface area contributed by atoms with Gasteiger partial charge in [0.05, 0.1) is 12.9 Å². The van der Waals surface area contributed by atoms with Gasteiger partial charge in [-0.05, 0) is 12.1 Å². The van der Waals surface area contributed by atoms with E-state index >= 15 is 0 Å². The quantitative estimate of drug-likeness (QED) is 0.688. The summed E-state index contributed by atoms with van der Waals surface area (Å²) < 4.78 is 11.3. The SMILES string of the molecule is CNc1nnc(SCc2nc(-c3cccc(OC)c3)no2)s1. The Morgan fingerprint density at radius 3 is 3.05 bits per heavy atom. The molecule has 0 radical (unpaired) electrons. The summed E-state index contributed by atoms with van der Waals surface area (Å²) in [5, 5.41) is 15.8. The normalized spacial score (nSPS) is 10.6. The lowest BCUT2D eigenvalue weighted by atomic mass is 10.2. The molecular weight excluding hydrogens is 322 g/mol. The van der Waals surface area contributed by atoms with Gasteiger partial charge in [0.2, 0.25) is 16.8 Å².